The van der Waals surface area contributed by atoms with E-state index in [2.05, 4.69) is 26.1 Å². The van der Waals surface area contributed by atoms with Gasteiger partial charge in [-0.2, -0.15) is 0 Å². The number of aromatic nitrogens is 1. The summed E-state index contributed by atoms with van der Waals surface area (Å²) in [6.07, 6.45) is 2.04. The van der Waals surface area contributed by atoms with Crippen LogP contribution < -0.4 is 5.32 Å². The van der Waals surface area contributed by atoms with Crippen LogP contribution in [0.2, 0.25) is 0 Å². The van der Waals surface area contributed by atoms with E-state index in [1.54, 1.807) is 6.07 Å². The van der Waals surface area contributed by atoms with E-state index in [4.69, 9.17) is 4.74 Å². The Kier molecular flexibility index (Phi) is 6.82. The van der Waals surface area contributed by atoms with E-state index < -0.39 is 30.7 Å². The highest BCUT2D eigenvalue weighted by Gasteiger charge is 2.56. The molecule has 2 heterocycles. The van der Waals surface area contributed by atoms with Crippen LogP contribution in [-0.4, -0.2) is 51.8 Å². The molecule has 2 fully saturated rings. The van der Waals surface area contributed by atoms with Crippen molar-refractivity contribution in [2.45, 2.75) is 66.0 Å². The maximum absolute atomic E-state index is 13.2. The third-order valence-electron chi connectivity index (χ3n) is 7.33. The number of hydrogen-bond acceptors (Lipinski definition) is 5. The predicted molar refractivity (Wildman–Crippen MR) is 135 cm³/mol. The molecule has 192 valence electrons. The summed E-state index contributed by atoms with van der Waals surface area (Å²) < 4.78 is 7.25. The van der Waals surface area contributed by atoms with Crippen LogP contribution in [0.25, 0.3) is 0 Å². The normalized spacial score (nSPS) is 23.1. The number of aryl methyl sites for hydroxylation is 1. The largest absolute Gasteiger partial charge is 0.456 e. The molecule has 2 aliphatic rings. The van der Waals surface area contributed by atoms with E-state index in [1.807, 2.05) is 48.7 Å². The smallest absolute Gasteiger partial charge is 0.326 e. The van der Waals surface area contributed by atoms with Gasteiger partial charge in [0.05, 0.1) is 0 Å². The Labute approximate surface area is 212 Å². The molecule has 8 heteroatoms. The molecule has 4 rings (SSSR count). The SMILES string of the molecule is Cc1cc(C(=O)COC(=O)CN2C(=O)NC3(CC(C)CC(C)(C)C3)C2=O)c(C)n1Cc1ccccc1. The molecule has 1 aromatic carbocycles. The molecule has 3 amide bonds. The average Bonchev–Trinajstić information content (AvgIpc) is 3.19. The van der Waals surface area contributed by atoms with Crippen molar-refractivity contribution in [2.75, 3.05) is 13.2 Å². The first-order valence-corrected chi connectivity index (χ1v) is 12.4. The third kappa shape index (κ3) is 5.08. The monoisotopic (exact) mass is 493 g/mol. The summed E-state index contributed by atoms with van der Waals surface area (Å²) in [5.74, 6) is -1.24. The first kappa shape index (κ1) is 25.7. The molecule has 1 aliphatic carbocycles. The lowest BCUT2D eigenvalue weighted by Gasteiger charge is -2.43. The minimum atomic E-state index is -0.981. The molecule has 1 saturated carbocycles. The zero-order valence-electron chi connectivity index (χ0n) is 21.7. The molecule has 1 N–H and O–H groups in total. The van der Waals surface area contributed by atoms with Crippen LogP contribution in [0, 0.1) is 25.2 Å². The number of rotatable bonds is 7. The second kappa shape index (κ2) is 9.56. The van der Waals surface area contributed by atoms with Crippen molar-refractivity contribution in [1.82, 2.24) is 14.8 Å². The Morgan fingerprint density at radius 3 is 2.47 bits per heavy atom. The molecule has 1 spiro atoms. The Bertz CT molecular complexity index is 1200. The first-order valence-electron chi connectivity index (χ1n) is 12.4. The standard InChI is InChI=1S/C28H35N3O5/c1-18-12-27(4,5)17-28(13-18)25(34)31(26(35)29-28)15-24(33)36-16-23(32)22-11-19(2)30(20(22)3)14-21-9-7-6-8-10-21/h6-11,18H,12-17H2,1-5H3,(H,29,35). The van der Waals surface area contributed by atoms with Gasteiger partial charge in [0, 0.05) is 23.5 Å². The molecule has 1 aromatic heterocycles. The van der Waals surface area contributed by atoms with Crippen LogP contribution in [0.5, 0.6) is 0 Å². The molecule has 1 saturated heterocycles. The van der Waals surface area contributed by atoms with Crippen molar-refractivity contribution in [3.8, 4) is 0 Å². The molecule has 2 aromatic rings. The van der Waals surface area contributed by atoms with Crippen molar-refractivity contribution < 1.29 is 23.9 Å². The third-order valence-corrected chi connectivity index (χ3v) is 7.33. The lowest BCUT2D eigenvalue weighted by atomic mass is 9.64. The van der Waals surface area contributed by atoms with Gasteiger partial charge in [0.1, 0.15) is 12.1 Å². The number of ether oxygens (including phenoxy) is 1. The number of carbonyl (C=O) groups excluding carboxylic acids is 4. The molecule has 1 aliphatic heterocycles. The van der Waals surface area contributed by atoms with Crippen molar-refractivity contribution >= 4 is 23.7 Å². The molecule has 8 nitrogen and oxygen atoms in total. The topological polar surface area (TPSA) is 97.7 Å². The zero-order valence-corrected chi connectivity index (χ0v) is 21.7. The van der Waals surface area contributed by atoms with Crippen LogP contribution in [0.1, 0.15) is 67.3 Å². The number of benzene rings is 1. The van der Waals surface area contributed by atoms with Gasteiger partial charge in [0.15, 0.2) is 6.61 Å². The Morgan fingerprint density at radius 1 is 1.11 bits per heavy atom. The van der Waals surface area contributed by atoms with E-state index in [9.17, 15) is 19.2 Å². The van der Waals surface area contributed by atoms with Gasteiger partial charge in [-0.3, -0.25) is 19.3 Å². The fraction of sp³-hybridized carbons (Fsp3) is 0.500. The van der Waals surface area contributed by atoms with Gasteiger partial charge in [-0.05, 0) is 56.1 Å². The average molecular weight is 494 g/mol. The summed E-state index contributed by atoms with van der Waals surface area (Å²) in [6.45, 7) is 9.71. The summed E-state index contributed by atoms with van der Waals surface area (Å²) in [7, 11) is 0. The summed E-state index contributed by atoms with van der Waals surface area (Å²) in [4.78, 5) is 52.2. The summed E-state index contributed by atoms with van der Waals surface area (Å²) in [5.41, 5.74) is 2.25. The number of Topliss-reactive ketones (excluding diaryl/α,β-unsaturated/α-hetero) is 1. The van der Waals surface area contributed by atoms with Crippen molar-refractivity contribution in [3.05, 3.63) is 58.9 Å². The van der Waals surface area contributed by atoms with E-state index >= 15 is 0 Å². The number of nitrogens with zero attached hydrogens (tertiary/aromatic N) is 2. The van der Waals surface area contributed by atoms with E-state index in [-0.39, 0.29) is 23.0 Å². The number of imide groups is 1. The van der Waals surface area contributed by atoms with Crippen LogP contribution >= 0.6 is 0 Å². The maximum atomic E-state index is 13.2. The molecular formula is C28H35N3O5. The van der Waals surface area contributed by atoms with Crippen molar-refractivity contribution in [1.29, 1.82) is 0 Å². The summed E-state index contributed by atoms with van der Waals surface area (Å²) in [6, 6.07) is 11.2. The fourth-order valence-corrected chi connectivity index (χ4v) is 6.14. The lowest BCUT2D eigenvalue weighted by Crippen LogP contribution is -2.54. The second-order valence-corrected chi connectivity index (χ2v) is 11.2. The molecule has 0 radical (unpaired) electrons. The summed E-state index contributed by atoms with van der Waals surface area (Å²) in [5, 5.41) is 2.85. The number of nitrogens with one attached hydrogen (secondary N) is 1. The van der Waals surface area contributed by atoms with Crippen LogP contribution in [-0.2, 0) is 20.9 Å². The Morgan fingerprint density at radius 2 is 1.81 bits per heavy atom. The number of ketones is 1. The Hall–Kier alpha value is -3.42. The molecule has 2 atom stereocenters. The lowest BCUT2D eigenvalue weighted by molar-refractivity contribution is -0.147. The number of carbonyl (C=O) groups is 4. The minimum Gasteiger partial charge on any atom is -0.456 e. The van der Waals surface area contributed by atoms with Crippen LogP contribution in [0.4, 0.5) is 4.79 Å². The van der Waals surface area contributed by atoms with Gasteiger partial charge in [-0.15, -0.1) is 0 Å². The molecule has 2 unspecified atom stereocenters. The zero-order chi connectivity index (χ0) is 26.3. The number of hydrogen-bond donors (Lipinski definition) is 1. The fourth-order valence-electron chi connectivity index (χ4n) is 6.14. The van der Waals surface area contributed by atoms with Crippen LogP contribution in [0.3, 0.4) is 0 Å². The van der Waals surface area contributed by atoms with Gasteiger partial charge in [-0.1, -0.05) is 51.1 Å². The van der Waals surface area contributed by atoms with E-state index in [0.717, 1.165) is 28.3 Å². The van der Waals surface area contributed by atoms with Gasteiger partial charge in [0.25, 0.3) is 5.91 Å². The maximum Gasteiger partial charge on any atom is 0.326 e. The minimum absolute atomic E-state index is 0.101. The highest BCUT2D eigenvalue weighted by atomic mass is 16.5. The predicted octanol–water partition coefficient (Wildman–Crippen LogP) is 4.02. The number of amides is 3. The van der Waals surface area contributed by atoms with Gasteiger partial charge < -0.3 is 14.6 Å². The van der Waals surface area contributed by atoms with Gasteiger partial charge >= 0.3 is 12.0 Å². The van der Waals surface area contributed by atoms with E-state index in [1.165, 1.54) is 0 Å². The number of urea groups is 1. The van der Waals surface area contributed by atoms with Gasteiger partial charge in [0.2, 0.25) is 5.78 Å². The van der Waals surface area contributed by atoms with Crippen molar-refractivity contribution in [2.24, 2.45) is 11.3 Å². The van der Waals surface area contributed by atoms with Crippen LogP contribution in [0.15, 0.2) is 36.4 Å². The highest BCUT2D eigenvalue weighted by Crippen LogP contribution is 2.46. The Balaban J connectivity index is 1.37. The molecule has 0 bridgehead atoms. The molecular weight excluding hydrogens is 458 g/mol. The first-order chi connectivity index (χ1) is 16.9. The highest BCUT2D eigenvalue weighted by molar-refractivity contribution is 6.09. The summed E-state index contributed by atoms with van der Waals surface area (Å²) >= 11 is 0. The van der Waals surface area contributed by atoms with Gasteiger partial charge in [-0.25, -0.2) is 4.79 Å². The second-order valence-electron chi connectivity index (χ2n) is 11.2. The quantitative estimate of drug-likeness (QED) is 0.357. The molecule has 36 heavy (non-hydrogen) atoms. The number of esters is 1. The van der Waals surface area contributed by atoms with E-state index in [0.29, 0.717) is 24.9 Å². The van der Waals surface area contributed by atoms with Crippen molar-refractivity contribution in [3.63, 3.8) is 0 Å².